The van der Waals surface area contributed by atoms with E-state index in [1.165, 1.54) is 27.4 Å². The summed E-state index contributed by atoms with van der Waals surface area (Å²) in [6, 6.07) is 14.2. The lowest BCUT2D eigenvalue weighted by atomic mass is 9.97. The second-order valence-electron chi connectivity index (χ2n) is 7.55. The molecule has 1 unspecified atom stereocenters. The van der Waals surface area contributed by atoms with Gasteiger partial charge in [-0.2, -0.15) is 0 Å². The third-order valence-corrected chi connectivity index (χ3v) is 6.68. The molecule has 0 amide bonds. The molecule has 1 aliphatic rings. The van der Waals surface area contributed by atoms with Crippen molar-refractivity contribution in [2.75, 3.05) is 19.7 Å². The number of Topliss-reactive ketones (excluding diaryl/α,β-unsaturated/α-hetero) is 1. The number of hydrogen-bond acceptors (Lipinski definition) is 4. The van der Waals surface area contributed by atoms with E-state index in [0.717, 1.165) is 42.0 Å². The first-order valence-electron chi connectivity index (χ1n) is 10.1. The molecule has 2 aromatic carbocycles. The SMILES string of the molecule is CCOc1ccc(C(C)=O)cc1C[NH+]1CCC[C@H](c2nc3ccccc3s2)C1. The summed E-state index contributed by atoms with van der Waals surface area (Å²) in [5.41, 5.74) is 3.01. The second kappa shape index (κ2) is 8.41. The van der Waals surface area contributed by atoms with Crippen molar-refractivity contribution in [2.24, 2.45) is 0 Å². The zero-order valence-electron chi connectivity index (χ0n) is 16.5. The zero-order valence-corrected chi connectivity index (χ0v) is 17.3. The van der Waals surface area contributed by atoms with Gasteiger partial charge in [-0.3, -0.25) is 4.79 Å². The number of rotatable bonds is 6. The fourth-order valence-electron chi connectivity index (χ4n) is 4.09. The van der Waals surface area contributed by atoms with Crippen LogP contribution in [0.15, 0.2) is 42.5 Å². The smallest absolute Gasteiger partial charge is 0.159 e. The fraction of sp³-hybridized carbons (Fsp3) is 0.391. The minimum atomic E-state index is 0.102. The van der Waals surface area contributed by atoms with Crippen LogP contribution in [0.1, 0.15) is 53.5 Å². The fourth-order valence-corrected chi connectivity index (χ4v) is 5.19. The van der Waals surface area contributed by atoms with Crippen molar-refractivity contribution in [1.29, 1.82) is 0 Å². The van der Waals surface area contributed by atoms with E-state index in [4.69, 9.17) is 9.72 Å². The van der Waals surface area contributed by atoms with Crippen molar-refractivity contribution in [1.82, 2.24) is 4.98 Å². The summed E-state index contributed by atoms with van der Waals surface area (Å²) >= 11 is 1.84. The Morgan fingerprint density at radius 3 is 2.93 bits per heavy atom. The Morgan fingerprint density at radius 2 is 2.14 bits per heavy atom. The molecule has 0 bridgehead atoms. The summed E-state index contributed by atoms with van der Waals surface area (Å²) in [7, 11) is 0. The van der Waals surface area contributed by atoms with Crippen LogP contribution in [-0.4, -0.2) is 30.5 Å². The lowest BCUT2D eigenvalue weighted by Crippen LogP contribution is -3.12. The third-order valence-electron chi connectivity index (χ3n) is 5.48. The first kappa shape index (κ1) is 19.1. The van der Waals surface area contributed by atoms with E-state index in [1.54, 1.807) is 6.92 Å². The number of thiazole rings is 1. The van der Waals surface area contributed by atoms with Crippen molar-refractivity contribution in [3.8, 4) is 5.75 Å². The molecule has 5 heteroatoms. The molecule has 2 heterocycles. The zero-order chi connectivity index (χ0) is 19.5. The van der Waals surface area contributed by atoms with Gasteiger partial charge in [-0.15, -0.1) is 11.3 Å². The highest BCUT2D eigenvalue weighted by atomic mass is 32.1. The summed E-state index contributed by atoms with van der Waals surface area (Å²) < 4.78 is 7.11. The number of ether oxygens (including phenoxy) is 1. The first-order valence-corrected chi connectivity index (χ1v) is 10.9. The Balaban J connectivity index is 1.53. The van der Waals surface area contributed by atoms with Gasteiger partial charge in [0.15, 0.2) is 5.78 Å². The predicted molar refractivity (Wildman–Crippen MR) is 114 cm³/mol. The van der Waals surface area contributed by atoms with E-state index in [1.807, 2.05) is 36.5 Å². The Morgan fingerprint density at radius 1 is 1.29 bits per heavy atom. The Kier molecular flexibility index (Phi) is 5.74. The van der Waals surface area contributed by atoms with E-state index in [2.05, 4.69) is 24.3 Å². The van der Waals surface area contributed by atoms with Gasteiger partial charge in [0.2, 0.25) is 0 Å². The van der Waals surface area contributed by atoms with E-state index >= 15 is 0 Å². The molecule has 0 radical (unpaired) electrons. The summed E-state index contributed by atoms with van der Waals surface area (Å²) in [5.74, 6) is 1.51. The summed E-state index contributed by atoms with van der Waals surface area (Å²) in [4.78, 5) is 18.3. The van der Waals surface area contributed by atoms with Crippen LogP contribution < -0.4 is 9.64 Å². The molecule has 4 nitrogen and oxygen atoms in total. The van der Waals surface area contributed by atoms with Crippen molar-refractivity contribution < 1.29 is 14.4 Å². The van der Waals surface area contributed by atoms with Gasteiger partial charge in [-0.05, 0) is 57.0 Å². The van der Waals surface area contributed by atoms with Gasteiger partial charge >= 0.3 is 0 Å². The number of carbonyl (C=O) groups is 1. The van der Waals surface area contributed by atoms with Crippen molar-refractivity contribution in [3.63, 3.8) is 0 Å². The van der Waals surface area contributed by atoms with E-state index in [-0.39, 0.29) is 5.78 Å². The number of nitrogens with zero attached hydrogens (tertiary/aromatic N) is 1. The number of hydrogen-bond donors (Lipinski definition) is 1. The van der Waals surface area contributed by atoms with Gasteiger partial charge in [0.05, 0.1) is 35.8 Å². The molecule has 0 aliphatic carbocycles. The topological polar surface area (TPSA) is 43.6 Å². The minimum Gasteiger partial charge on any atom is -0.493 e. The molecule has 1 saturated heterocycles. The number of likely N-dealkylation sites (tertiary alicyclic amines) is 1. The van der Waals surface area contributed by atoms with Gasteiger partial charge in [-0.1, -0.05) is 12.1 Å². The standard InChI is InChI=1S/C23H26N2O2S/c1-3-27-21-11-10-17(16(2)26)13-19(21)15-25-12-6-7-18(14-25)23-24-20-8-4-5-9-22(20)28-23/h4-5,8-11,13,18H,3,6-7,12,14-15H2,1-2H3/p+1/t18-/m0/s1. The van der Waals surface area contributed by atoms with Gasteiger partial charge in [0.1, 0.15) is 17.3 Å². The lowest BCUT2D eigenvalue weighted by Gasteiger charge is -2.29. The first-order chi connectivity index (χ1) is 13.6. The molecule has 28 heavy (non-hydrogen) atoms. The summed E-state index contributed by atoms with van der Waals surface area (Å²) in [6.07, 6.45) is 2.40. The number of benzene rings is 2. The van der Waals surface area contributed by atoms with Crippen LogP contribution >= 0.6 is 11.3 Å². The summed E-state index contributed by atoms with van der Waals surface area (Å²) in [5, 5.41) is 1.26. The molecular formula is C23H27N2O2S+. The van der Waals surface area contributed by atoms with Gasteiger partial charge in [0, 0.05) is 11.1 Å². The van der Waals surface area contributed by atoms with Crippen molar-refractivity contribution in [3.05, 3.63) is 58.6 Å². The predicted octanol–water partition coefficient (Wildman–Crippen LogP) is 3.86. The van der Waals surface area contributed by atoms with Crippen LogP contribution in [0, 0.1) is 0 Å². The highest BCUT2D eigenvalue weighted by Gasteiger charge is 2.28. The normalized spacial score (nSPS) is 19.6. The third kappa shape index (κ3) is 4.10. The number of ketones is 1. The number of para-hydroxylation sites is 1. The number of fused-ring (bicyclic) bond motifs is 1. The summed E-state index contributed by atoms with van der Waals surface area (Å²) in [6.45, 7) is 7.37. The maximum absolute atomic E-state index is 11.8. The van der Waals surface area contributed by atoms with Crippen LogP contribution in [-0.2, 0) is 6.54 Å². The van der Waals surface area contributed by atoms with E-state index in [0.29, 0.717) is 12.5 Å². The van der Waals surface area contributed by atoms with Crippen LogP contribution in [0.4, 0.5) is 0 Å². The molecule has 1 N–H and O–H groups in total. The largest absolute Gasteiger partial charge is 0.493 e. The lowest BCUT2D eigenvalue weighted by molar-refractivity contribution is -0.920. The average Bonchev–Trinajstić information content (AvgIpc) is 3.14. The van der Waals surface area contributed by atoms with Gasteiger partial charge < -0.3 is 9.64 Å². The number of aromatic nitrogens is 1. The maximum atomic E-state index is 11.8. The van der Waals surface area contributed by atoms with Crippen LogP contribution in [0.5, 0.6) is 5.75 Å². The maximum Gasteiger partial charge on any atom is 0.159 e. The monoisotopic (exact) mass is 395 g/mol. The van der Waals surface area contributed by atoms with Gasteiger partial charge in [0.25, 0.3) is 0 Å². The van der Waals surface area contributed by atoms with Gasteiger partial charge in [-0.25, -0.2) is 4.98 Å². The molecule has 4 rings (SSSR count). The molecule has 1 aromatic heterocycles. The molecule has 0 saturated carbocycles. The van der Waals surface area contributed by atoms with E-state index < -0.39 is 0 Å². The van der Waals surface area contributed by atoms with Crippen LogP contribution in [0.2, 0.25) is 0 Å². The molecular weight excluding hydrogens is 368 g/mol. The molecule has 1 fully saturated rings. The minimum absolute atomic E-state index is 0.102. The second-order valence-corrected chi connectivity index (χ2v) is 8.61. The number of piperidine rings is 1. The van der Waals surface area contributed by atoms with Crippen LogP contribution in [0.3, 0.4) is 0 Å². The molecule has 3 aromatic rings. The van der Waals surface area contributed by atoms with E-state index in [9.17, 15) is 4.79 Å². The van der Waals surface area contributed by atoms with Crippen molar-refractivity contribution in [2.45, 2.75) is 39.2 Å². The Labute approximate surface area is 170 Å². The Bertz CT molecular complexity index is 949. The molecule has 146 valence electrons. The Hall–Kier alpha value is -2.24. The number of nitrogens with one attached hydrogen (secondary N) is 1. The molecule has 0 spiro atoms. The number of quaternary nitrogens is 1. The van der Waals surface area contributed by atoms with Crippen molar-refractivity contribution >= 4 is 27.3 Å². The molecule has 2 atom stereocenters. The quantitative estimate of drug-likeness (QED) is 0.645. The average molecular weight is 396 g/mol. The molecule has 1 aliphatic heterocycles. The highest BCUT2D eigenvalue weighted by molar-refractivity contribution is 7.18. The number of carbonyl (C=O) groups excluding carboxylic acids is 1. The highest BCUT2D eigenvalue weighted by Crippen LogP contribution is 2.30. The van der Waals surface area contributed by atoms with Crippen LogP contribution in [0.25, 0.3) is 10.2 Å².